The van der Waals surface area contributed by atoms with Gasteiger partial charge in [0.25, 0.3) is 0 Å². The Bertz CT molecular complexity index is 746. The van der Waals surface area contributed by atoms with Crippen LogP contribution in [0.25, 0.3) is 0 Å². The topological polar surface area (TPSA) is 40.5 Å². The molecule has 4 rings (SSSR count). The smallest absolute Gasteiger partial charge is 0.142 e. The molecule has 130 valence electrons. The number of nitrogens with zero attached hydrogens (tertiary/aromatic N) is 1. The van der Waals surface area contributed by atoms with Crippen LogP contribution in [-0.2, 0) is 11.3 Å². The quantitative estimate of drug-likeness (QED) is 0.927. The molecule has 2 aromatic rings. The third-order valence-electron chi connectivity index (χ3n) is 5.67. The minimum atomic E-state index is -0.879. The first-order chi connectivity index (χ1) is 12.1. The second kappa shape index (κ2) is 6.70. The summed E-state index contributed by atoms with van der Waals surface area (Å²) in [5.74, 6) is -0.640. The minimum absolute atomic E-state index is 0.0477. The summed E-state index contributed by atoms with van der Waals surface area (Å²) in [6.45, 7) is 0.802. The Balaban J connectivity index is 1.59. The fourth-order valence-electron chi connectivity index (χ4n) is 4.45. The first-order valence-corrected chi connectivity index (χ1v) is 8.89. The van der Waals surface area contributed by atoms with E-state index in [9.17, 15) is 14.3 Å². The zero-order valence-electron chi connectivity index (χ0n) is 14.0. The molecule has 2 bridgehead atoms. The van der Waals surface area contributed by atoms with Crippen molar-refractivity contribution in [1.82, 2.24) is 4.90 Å². The van der Waals surface area contributed by atoms with Crippen LogP contribution < -0.4 is 0 Å². The monoisotopic (exact) mass is 339 g/mol. The normalized spacial score (nSPS) is 27.4. The molecule has 2 heterocycles. The fourth-order valence-corrected chi connectivity index (χ4v) is 4.45. The first kappa shape index (κ1) is 16.4. The fraction of sp³-hybridized carbons (Fsp3) is 0.381. The van der Waals surface area contributed by atoms with Gasteiger partial charge in [-0.15, -0.1) is 0 Å². The second-order valence-electron chi connectivity index (χ2n) is 7.15. The van der Waals surface area contributed by atoms with Crippen LogP contribution in [0.5, 0.6) is 0 Å². The van der Waals surface area contributed by atoms with E-state index in [0.29, 0.717) is 12.0 Å². The number of carbonyl (C=O) groups is 1. The van der Waals surface area contributed by atoms with E-state index in [1.807, 2.05) is 18.2 Å². The summed E-state index contributed by atoms with van der Waals surface area (Å²) in [5.41, 5.74) is 1.84. The Kier molecular flexibility index (Phi) is 4.40. The lowest BCUT2D eigenvalue weighted by atomic mass is 9.81. The van der Waals surface area contributed by atoms with Crippen molar-refractivity contribution in [3.8, 4) is 0 Å². The zero-order chi connectivity index (χ0) is 17.4. The van der Waals surface area contributed by atoms with Crippen molar-refractivity contribution in [2.45, 2.75) is 44.0 Å². The van der Waals surface area contributed by atoms with E-state index >= 15 is 0 Å². The van der Waals surface area contributed by atoms with Crippen molar-refractivity contribution in [2.75, 3.05) is 0 Å². The summed E-state index contributed by atoms with van der Waals surface area (Å²) in [6.07, 6.45) is 1.53. The van der Waals surface area contributed by atoms with Crippen LogP contribution in [0.4, 0.5) is 4.39 Å². The highest BCUT2D eigenvalue weighted by atomic mass is 19.1. The molecule has 3 nitrogen and oxygen atoms in total. The molecule has 0 spiro atoms. The van der Waals surface area contributed by atoms with E-state index in [0.717, 1.165) is 19.4 Å². The van der Waals surface area contributed by atoms with Crippen LogP contribution in [0.1, 0.15) is 36.5 Å². The molecule has 1 N–H and O–H groups in total. The molecule has 2 aliphatic heterocycles. The Morgan fingerprint density at radius 2 is 1.80 bits per heavy atom. The van der Waals surface area contributed by atoms with Gasteiger partial charge in [-0.25, -0.2) is 4.39 Å². The van der Waals surface area contributed by atoms with Crippen LogP contribution in [0.2, 0.25) is 0 Å². The van der Waals surface area contributed by atoms with Crippen LogP contribution in [0, 0.1) is 11.7 Å². The lowest BCUT2D eigenvalue weighted by Crippen LogP contribution is -2.50. The van der Waals surface area contributed by atoms with Gasteiger partial charge in [0, 0.05) is 25.0 Å². The number of piperidine rings is 1. The van der Waals surface area contributed by atoms with Crippen molar-refractivity contribution in [3.63, 3.8) is 0 Å². The van der Waals surface area contributed by atoms with Gasteiger partial charge in [-0.05, 0) is 36.1 Å². The van der Waals surface area contributed by atoms with Gasteiger partial charge in [-0.3, -0.25) is 9.69 Å². The highest BCUT2D eigenvalue weighted by Crippen LogP contribution is 2.43. The summed E-state index contributed by atoms with van der Waals surface area (Å²) in [4.78, 5) is 15.1. The molecule has 2 saturated heterocycles. The molecule has 0 amide bonds. The van der Waals surface area contributed by atoms with E-state index in [1.54, 1.807) is 12.1 Å². The molecule has 0 aliphatic carbocycles. The maximum absolute atomic E-state index is 13.2. The van der Waals surface area contributed by atoms with Crippen LogP contribution in [0.3, 0.4) is 0 Å². The third-order valence-corrected chi connectivity index (χ3v) is 5.67. The maximum Gasteiger partial charge on any atom is 0.142 e. The summed E-state index contributed by atoms with van der Waals surface area (Å²) in [7, 11) is 0. The SMILES string of the molecule is O=C1C[C@@H]2CC[C@H]([C@H]1[C@@H](O)c1ccc(F)cc1)N2Cc1ccccc1. The molecule has 2 aromatic carbocycles. The van der Waals surface area contributed by atoms with Crippen LogP contribution in [-0.4, -0.2) is 27.9 Å². The predicted octanol–water partition coefficient (Wildman–Crippen LogP) is 3.48. The number of hydrogen-bond acceptors (Lipinski definition) is 3. The Hall–Kier alpha value is -2.04. The number of fused-ring (bicyclic) bond motifs is 2. The molecule has 2 aliphatic rings. The van der Waals surface area contributed by atoms with Crippen molar-refractivity contribution in [2.24, 2.45) is 5.92 Å². The van der Waals surface area contributed by atoms with Gasteiger partial charge in [-0.2, -0.15) is 0 Å². The van der Waals surface area contributed by atoms with Crippen molar-refractivity contribution in [1.29, 1.82) is 0 Å². The lowest BCUT2D eigenvalue weighted by molar-refractivity contribution is -0.135. The number of hydrogen-bond donors (Lipinski definition) is 1. The van der Waals surface area contributed by atoms with Crippen LogP contribution >= 0.6 is 0 Å². The van der Waals surface area contributed by atoms with Gasteiger partial charge < -0.3 is 5.11 Å². The van der Waals surface area contributed by atoms with Crippen LogP contribution in [0.15, 0.2) is 54.6 Å². The first-order valence-electron chi connectivity index (χ1n) is 8.89. The summed E-state index contributed by atoms with van der Waals surface area (Å²) in [6, 6.07) is 16.4. The standard InChI is InChI=1S/C21H22FNO2/c22-16-8-6-15(7-9-16)21(25)20-18-11-10-17(12-19(20)24)23(18)13-14-4-2-1-3-5-14/h1-9,17-18,20-21,25H,10-13H2/t17-,18+,20+,21-/m0/s1. The number of benzene rings is 2. The summed E-state index contributed by atoms with van der Waals surface area (Å²) in [5, 5.41) is 10.8. The third kappa shape index (κ3) is 3.12. The number of aliphatic hydroxyl groups excluding tert-OH is 1. The van der Waals surface area contributed by atoms with Gasteiger partial charge in [-0.1, -0.05) is 42.5 Å². The van der Waals surface area contributed by atoms with E-state index in [4.69, 9.17) is 0 Å². The van der Waals surface area contributed by atoms with E-state index in [-0.39, 0.29) is 23.7 Å². The van der Waals surface area contributed by atoms with E-state index in [2.05, 4.69) is 17.0 Å². The molecular weight excluding hydrogens is 317 g/mol. The highest BCUT2D eigenvalue weighted by Gasteiger charge is 2.49. The largest absolute Gasteiger partial charge is 0.388 e. The number of carbonyl (C=O) groups excluding carboxylic acids is 1. The second-order valence-corrected chi connectivity index (χ2v) is 7.15. The van der Waals surface area contributed by atoms with Crippen molar-refractivity contribution < 1.29 is 14.3 Å². The summed E-state index contributed by atoms with van der Waals surface area (Å²) < 4.78 is 13.2. The Morgan fingerprint density at radius 3 is 2.52 bits per heavy atom. The molecule has 4 atom stereocenters. The molecule has 0 aromatic heterocycles. The van der Waals surface area contributed by atoms with Gasteiger partial charge in [0.05, 0.1) is 12.0 Å². The van der Waals surface area contributed by atoms with E-state index < -0.39 is 12.0 Å². The molecule has 0 saturated carbocycles. The average Bonchev–Trinajstić information content (AvgIpc) is 2.89. The van der Waals surface area contributed by atoms with Gasteiger partial charge in [0.2, 0.25) is 0 Å². The highest BCUT2D eigenvalue weighted by molar-refractivity contribution is 5.84. The Labute approximate surface area is 147 Å². The maximum atomic E-state index is 13.2. The molecule has 0 unspecified atom stereocenters. The van der Waals surface area contributed by atoms with Crippen molar-refractivity contribution >= 4 is 5.78 Å². The number of Topliss-reactive ketones (excluding diaryl/α,β-unsaturated/α-hetero) is 1. The van der Waals surface area contributed by atoms with Gasteiger partial charge >= 0.3 is 0 Å². The number of halogens is 1. The predicted molar refractivity (Wildman–Crippen MR) is 93.3 cm³/mol. The lowest BCUT2D eigenvalue weighted by Gasteiger charge is -2.41. The van der Waals surface area contributed by atoms with Crippen molar-refractivity contribution in [3.05, 3.63) is 71.5 Å². The average molecular weight is 339 g/mol. The molecule has 0 radical (unpaired) electrons. The number of rotatable bonds is 4. The zero-order valence-corrected chi connectivity index (χ0v) is 14.0. The Morgan fingerprint density at radius 1 is 1.08 bits per heavy atom. The van der Waals surface area contributed by atoms with Gasteiger partial charge in [0.15, 0.2) is 0 Å². The number of aliphatic hydroxyl groups is 1. The molecule has 25 heavy (non-hydrogen) atoms. The molecule has 4 heteroatoms. The van der Waals surface area contributed by atoms with Gasteiger partial charge in [0.1, 0.15) is 11.6 Å². The molecular formula is C21H22FNO2. The minimum Gasteiger partial charge on any atom is -0.388 e. The van der Waals surface area contributed by atoms with E-state index in [1.165, 1.54) is 17.7 Å². The summed E-state index contributed by atoms with van der Waals surface area (Å²) >= 11 is 0. The molecule has 2 fully saturated rings. The number of ketones is 1.